The van der Waals surface area contributed by atoms with E-state index in [1.54, 1.807) is 12.1 Å². The van der Waals surface area contributed by atoms with Gasteiger partial charge in [0.25, 0.3) is 5.91 Å². The molecular formula is C20H17ClFN3O2. The molecule has 0 aliphatic carbocycles. The summed E-state index contributed by atoms with van der Waals surface area (Å²) in [5, 5.41) is 3.60. The number of fused-ring (bicyclic) bond motifs is 1. The number of nitrogens with one attached hydrogen (secondary N) is 1. The fourth-order valence-electron chi connectivity index (χ4n) is 3.12. The van der Waals surface area contributed by atoms with Crippen LogP contribution in [0.2, 0.25) is 5.15 Å². The number of aromatic nitrogens is 1. The second kappa shape index (κ2) is 7.50. The van der Waals surface area contributed by atoms with Crippen LogP contribution in [0.3, 0.4) is 0 Å². The average Bonchev–Trinajstić information content (AvgIpc) is 2.68. The van der Waals surface area contributed by atoms with Gasteiger partial charge in [0, 0.05) is 24.5 Å². The van der Waals surface area contributed by atoms with Crippen molar-refractivity contribution in [2.75, 3.05) is 36.5 Å². The molecule has 0 bridgehead atoms. The largest absolute Gasteiger partial charge is 0.378 e. The van der Waals surface area contributed by atoms with Gasteiger partial charge < -0.3 is 15.0 Å². The summed E-state index contributed by atoms with van der Waals surface area (Å²) < 4.78 is 18.8. The molecule has 2 heterocycles. The van der Waals surface area contributed by atoms with Crippen molar-refractivity contribution in [2.24, 2.45) is 0 Å². The summed E-state index contributed by atoms with van der Waals surface area (Å²) in [5.41, 5.74) is 2.28. The maximum atomic E-state index is 13.4. The number of morpholine rings is 1. The topological polar surface area (TPSA) is 54.5 Å². The second-order valence-corrected chi connectivity index (χ2v) is 6.59. The molecule has 0 spiro atoms. The Morgan fingerprint density at radius 1 is 1.15 bits per heavy atom. The summed E-state index contributed by atoms with van der Waals surface area (Å²) in [6, 6.07) is 13.4. The van der Waals surface area contributed by atoms with Crippen molar-refractivity contribution in [3.63, 3.8) is 0 Å². The Balaban J connectivity index is 1.64. The number of nitrogens with zero attached hydrogens (tertiary/aromatic N) is 2. The molecule has 0 unspecified atom stereocenters. The first kappa shape index (κ1) is 17.7. The molecule has 1 aliphatic rings. The quantitative estimate of drug-likeness (QED) is 0.689. The van der Waals surface area contributed by atoms with Crippen LogP contribution in [0.5, 0.6) is 0 Å². The number of amides is 1. The van der Waals surface area contributed by atoms with E-state index in [2.05, 4.69) is 15.2 Å². The molecule has 0 atom stereocenters. The predicted molar refractivity (Wildman–Crippen MR) is 104 cm³/mol. The summed E-state index contributed by atoms with van der Waals surface area (Å²) >= 11 is 6.18. The fourth-order valence-corrected chi connectivity index (χ4v) is 3.36. The predicted octanol–water partition coefficient (Wildman–Crippen LogP) is 4.12. The molecule has 4 rings (SSSR count). The van der Waals surface area contributed by atoms with Gasteiger partial charge in [0.1, 0.15) is 11.0 Å². The lowest BCUT2D eigenvalue weighted by molar-refractivity contribution is 0.102. The Hall–Kier alpha value is -2.70. The summed E-state index contributed by atoms with van der Waals surface area (Å²) in [4.78, 5) is 19.1. The molecule has 1 fully saturated rings. The number of para-hydroxylation sites is 2. The fraction of sp³-hybridized carbons (Fsp3) is 0.200. The third-order valence-corrected chi connectivity index (χ3v) is 4.77. The number of pyridine rings is 1. The molecule has 2 aromatic carbocycles. The number of anilines is 2. The van der Waals surface area contributed by atoms with Gasteiger partial charge in [-0.05, 0) is 30.3 Å². The Morgan fingerprint density at radius 2 is 1.93 bits per heavy atom. The first-order valence-corrected chi connectivity index (χ1v) is 8.98. The van der Waals surface area contributed by atoms with Gasteiger partial charge in [0.15, 0.2) is 0 Å². The standard InChI is InChI=1S/C20H17ClFN3O2/c21-19-15(11-13-5-6-14(22)12-17(13)23-19)20(26)24-16-3-1-2-4-18(16)25-7-9-27-10-8-25/h1-6,11-12H,7-10H2,(H,24,26). The van der Waals surface area contributed by atoms with Crippen LogP contribution < -0.4 is 10.2 Å². The molecule has 27 heavy (non-hydrogen) atoms. The number of benzene rings is 2. The highest BCUT2D eigenvalue weighted by Gasteiger charge is 2.18. The second-order valence-electron chi connectivity index (χ2n) is 6.23. The van der Waals surface area contributed by atoms with E-state index in [0.717, 1.165) is 18.8 Å². The lowest BCUT2D eigenvalue weighted by Crippen LogP contribution is -2.36. The van der Waals surface area contributed by atoms with E-state index in [-0.39, 0.29) is 16.6 Å². The van der Waals surface area contributed by atoms with Crippen molar-refractivity contribution in [3.8, 4) is 0 Å². The zero-order valence-corrected chi connectivity index (χ0v) is 15.2. The third-order valence-electron chi connectivity index (χ3n) is 4.48. The maximum Gasteiger partial charge on any atom is 0.258 e. The zero-order chi connectivity index (χ0) is 18.8. The first-order valence-electron chi connectivity index (χ1n) is 8.61. The van der Waals surface area contributed by atoms with Crippen molar-refractivity contribution in [1.82, 2.24) is 4.98 Å². The highest BCUT2D eigenvalue weighted by molar-refractivity contribution is 6.34. The van der Waals surface area contributed by atoms with E-state index in [9.17, 15) is 9.18 Å². The van der Waals surface area contributed by atoms with E-state index in [0.29, 0.717) is 29.8 Å². The van der Waals surface area contributed by atoms with E-state index in [4.69, 9.17) is 16.3 Å². The van der Waals surface area contributed by atoms with E-state index >= 15 is 0 Å². The number of ether oxygens (including phenoxy) is 1. The number of carbonyl (C=O) groups excluding carboxylic acids is 1. The minimum Gasteiger partial charge on any atom is -0.378 e. The third kappa shape index (κ3) is 3.72. The van der Waals surface area contributed by atoms with Crippen LogP contribution in [0, 0.1) is 5.82 Å². The molecule has 1 aromatic heterocycles. The number of halogens is 2. The highest BCUT2D eigenvalue weighted by Crippen LogP contribution is 2.28. The van der Waals surface area contributed by atoms with Gasteiger partial charge in [0.05, 0.1) is 35.7 Å². The molecule has 138 valence electrons. The lowest BCUT2D eigenvalue weighted by atomic mass is 10.1. The first-order chi connectivity index (χ1) is 13.1. The van der Waals surface area contributed by atoms with Crippen molar-refractivity contribution >= 4 is 39.8 Å². The van der Waals surface area contributed by atoms with Crippen molar-refractivity contribution in [1.29, 1.82) is 0 Å². The Kier molecular flexibility index (Phi) is 4.92. The smallest absolute Gasteiger partial charge is 0.258 e. The van der Waals surface area contributed by atoms with E-state index < -0.39 is 5.82 Å². The number of hydrogen-bond acceptors (Lipinski definition) is 4. The Morgan fingerprint density at radius 3 is 2.74 bits per heavy atom. The summed E-state index contributed by atoms with van der Waals surface area (Å²) in [7, 11) is 0. The molecule has 1 amide bonds. The molecule has 3 aromatic rings. The summed E-state index contributed by atoms with van der Waals surface area (Å²) in [5.74, 6) is -0.762. The molecular weight excluding hydrogens is 369 g/mol. The van der Waals surface area contributed by atoms with Gasteiger partial charge in [-0.15, -0.1) is 0 Å². The molecule has 0 radical (unpaired) electrons. The highest BCUT2D eigenvalue weighted by atomic mass is 35.5. The van der Waals surface area contributed by atoms with Gasteiger partial charge in [-0.25, -0.2) is 9.37 Å². The monoisotopic (exact) mass is 385 g/mol. The van der Waals surface area contributed by atoms with Gasteiger partial charge in [-0.2, -0.15) is 0 Å². The molecule has 1 N–H and O–H groups in total. The molecule has 5 nitrogen and oxygen atoms in total. The Bertz CT molecular complexity index is 1010. The average molecular weight is 386 g/mol. The van der Waals surface area contributed by atoms with Gasteiger partial charge >= 0.3 is 0 Å². The van der Waals surface area contributed by atoms with Crippen molar-refractivity contribution in [2.45, 2.75) is 0 Å². The van der Waals surface area contributed by atoms with E-state index in [1.807, 2.05) is 24.3 Å². The van der Waals surface area contributed by atoms with Crippen molar-refractivity contribution < 1.29 is 13.9 Å². The number of rotatable bonds is 3. The minimum absolute atomic E-state index is 0.0365. The molecule has 7 heteroatoms. The lowest BCUT2D eigenvalue weighted by Gasteiger charge is -2.30. The van der Waals surface area contributed by atoms with Crippen molar-refractivity contribution in [3.05, 3.63) is 65.1 Å². The van der Waals surface area contributed by atoms with Crippen LogP contribution in [0.4, 0.5) is 15.8 Å². The summed E-state index contributed by atoms with van der Waals surface area (Å²) in [6.07, 6.45) is 0. The van der Waals surface area contributed by atoms with Crippen LogP contribution in [0.15, 0.2) is 48.5 Å². The number of carbonyl (C=O) groups is 1. The van der Waals surface area contributed by atoms with Crippen LogP contribution >= 0.6 is 11.6 Å². The zero-order valence-electron chi connectivity index (χ0n) is 14.4. The SMILES string of the molecule is O=C(Nc1ccccc1N1CCOCC1)c1cc2ccc(F)cc2nc1Cl. The molecule has 0 saturated carbocycles. The maximum absolute atomic E-state index is 13.4. The number of hydrogen-bond donors (Lipinski definition) is 1. The van der Waals surface area contributed by atoms with Gasteiger partial charge in [-0.3, -0.25) is 4.79 Å². The van der Waals surface area contributed by atoms with Gasteiger partial charge in [0.2, 0.25) is 0 Å². The van der Waals surface area contributed by atoms with E-state index in [1.165, 1.54) is 12.1 Å². The Labute approximate surface area is 160 Å². The minimum atomic E-state index is -0.400. The summed E-state index contributed by atoms with van der Waals surface area (Å²) in [6.45, 7) is 2.83. The van der Waals surface area contributed by atoms with Gasteiger partial charge in [-0.1, -0.05) is 23.7 Å². The molecule has 1 saturated heterocycles. The normalized spacial score (nSPS) is 14.4. The van der Waals surface area contributed by atoms with Crippen LogP contribution in [-0.2, 0) is 4.74 Å². The van der Waals surface area contributed by atoms with Crippen LogP contribution in [-0.4, -0.2) is 37.2 Å². The van der Waals surface area contributed by atoms with Crippen LogP contribution in [0.25, 0.3) is 10.9 Å². The molecule has 1 aliphatic heterocycles. The van der Waals surface area contributed by atoms with Crippen LogP contribution in [0.1, 0.15) is 10.4 Å².